The number of esters is 1. The van der Waals surface area contributed by atoms with Crippen molar-refractivity contribution in [3.05, 3.63) is 5.89 Å². The number of nitrogens with zero attached hydrogens (tertiary/aromatic N) is 3. The molecule has 1 aromatic heterocycles. The number of hydrogen-bond acceptors (Lipinski definition) is 6. The Morgan fingerprint density at radius 1 is 1.42 bits per heavy atom. The van der Waals surface area contributed by atoms with Crippen LogP contribution in [0, 0.1) is 0 Å². The highest BCUT2D eigenvalue weighted by Gasteiger charge is 2.49. The van der Waals surface area contributed by atoms with Crippen LogP contribution in [0.4, 0.5) is 5.95 Å². The van der Waals surface area contributed by atoms with E-state index in [9.17, 15) is 4.79 Å². The Hall–Kier alpha value is -1.59. The zero-order valence-corrected chi connectivity index (χ0v) is 11.8. The average Bonchev–Trinajstić information content (AvgIpc) is 3.07. The molecule has 0 saturated heterocycles. The van der Waals surface area contributed by atoms with Crippen molar-refractivity contribution in [1.29, 1.82) is 0 Å². The van der Waals surface area contributed by atoms with Gasteiger partial charge in [0.2, 0.25) is 5.89 Å². The number of carbonyl (C=O) groups excluding carboxylic acids is 1. The SMILES string of the molecule is CCOC(=O)C1(c2nc(N(C)CC)no2)CCCC1. The molecule has 1 aliphatic carbocycles. The summed E-state index contributed by atoms with van der Waals surface area (Å²) < 4.78 is 10.5. The van der Waals surface area contributed by atoms with Gasteiger partial charge in [-0.05, 0) is 31.8 Å². The van der Waals surface area contributed by atoms with E-state index < -0.39 is 5.41 Å². The van der Waals surface area contributed by atoms with Crippen LogP contribution < -0.4 is 4.90 Å². The number of hydrogen-bond donors (Lipinski definition) is 0. The lowest BCUT2D eigenvalue weighted by atomic mass is 9.86. The second-order valence-corrected chi connectivity index (χ2v) is 4.92. The van der Waals surface area contributed by atoms with Gasteiger partial charge in [-0.25, -0.2) is 0 Å². The minimum Gasteiger partial charge on any atom is -0.465 e. The second-order valence-electron chi connectivity index (χ2n) is 4.92. The maximum absolute atomic E-state index is 12.3. The quantitative estimate of drug-likeness (QED) is 0.759. The molecule has 0 bridgehead atoms. The summed E-state index contributed by atoms with van der Waals surface area (Å²) >= 11 is 0. The first-order valence-electron chi connectivity index (χ1n) is 6.86. The zero-order chi connectivity index (χ0) is 13.9. The molecule has 106 valence electrons. The van der Waals surface area contributed by atoms with Gasteiger partial charge in [-0.15, -0.1) is 0 Å². The Bertz CT molecular complexity index is 438. The molecule has 0 aromatic carbocycles. The van der Waals surface area contributed by atoms with Crippen molar-refractivity contribution >= 4 is 11.9 Å². The number of ether oxygens (including phenoxy) is 1. The molecule has 1 aromatic rings. The van der Waals surface area contributed by atoms with E-state index in [4.69, 9.17) is 9.26 Å². The van der Waals surface area contributed by atoms with Gasteiger partial charge in [-0.2, -0.15) is 4.98 Å². The van der Waals surface area contributed by atoms with Gasteiger partial charge in [0.05, 0.1) is 6.61 Å². The highest BCUT2D eigenvalue weighted by molar-refractivity contribution is 5.82. The van der Waals surface area contributed by atoms with Crippen molar-refractivity contribution in [1.82, 2.24) is 10.1 Å². The van der Waals surface area contributed by atoms with E-state index in [1.807, 2.05) is 25.8 Å². The van der Waals surface area contributed by atoms with E-state index >= 15 is 0 Å². The molecule has 0 aliphatic heterocycles. The summed E-state index contributed by atoms with van der Waals surface area (Å²) in [7, 11) is 1.89. The first kappa shape index (κ1) is 13.8. The van der Waals surface area contributed by atoms with Crippen LogP contribution in [0.5, 0.6) is 0 Å². The van der Waals surface area contributed by atoms with Crippen molar-refractivity contribution < 1.29 is 14.1 Å². The molecule has 0 amide bonds. The third-order valence-corrected chi connectivity index (χ3v) is 3.76. The van der Waals surface area contributed by atoms with Gasteiger partial charge in [-0.3, -0.25) is 4.79 Å². The van der Waals surface area contributed by atoms with Crippen molar-refractivity contribution in [2.45, 2.75) is 44.9 Å². The summed E-state index contributed by atoms with van der Waals surface area (Å²) in [5, 5.41) is 3.95. The van der Waals surface area contributed by atoms with Gasteiger partial charge in [0.25, 0.3) is 5.95 Å². The van der Waals surface area contributed by atoms with Gasteiger partial charge in [0.15, 0.2) is 0 Å². The minimum atomic E-state index is -0.726. The van der Waals surface area contributed by atoms with Gasteiger partial charge in [0, 0.05) is 13.6 Å². The van der Waals surface area contributed by atoms with E-state index in [-0.39, 0.29) is 5.97 Å². The number of anilines is 1. The Labute approximate surface area is 113 Å². The molecule has 6 heteroatoms. The van der Waals surface area contributed by atoms with Gasteiger partial charge in [-0.1, -0.05) is 12.8 Å². The molecule has 1 saturated carbocycles. The van der Waals surface area contributed by atoms with Crippen LogP contribution in [-0.4, -0.2) is 36.3 Å². The molecule has 0 N–H and O–H groups in total. The monoisotopic (exact) mass is 267 g/mol. The summed E-state index contributed by atoms with van der Waals surface area (Å²) in [6.45, 7) is 4.97. The lowest BCUT2D eigenvalue weighted by Gasteiger charge is -2.21. The largest absolute Gasteiger partial charge is 0.465 e. The smallest absolute Gasteiger partial charge is 0.321 e. The van der Waals surface area contributed by atoms with E-state index in [0.29, 0.717) is 18.4 Å². The Balaban J connectivity index is 2.29. The molecule has 1 aliphatic rings. The van der Waals surface area contributed by atoms with E-state index in [2.05, 4.69) is 10.1 Å². The molecule has 0 spiro atoms. The predicted octanol–water partition coefficient (Wildman–Crippen LogP) is 1.90. The van der Waals surface area contributed by atoms with Crippen molar-refractivity contribution in [2.75, 3.05) is 25.1 Å². The number of aromatic nitrogens is 2. The maximum atomic E-state index is 12.3. The standard InChI is InChI=1S/C13H21N3O3/c1-4-16(3)12-14-10(19-15-12)13(8-6-7-9-13)11(17)18-5-2/h4-9H2,1-3H3. The highest BCUT2D eigenvalue weighted by atomic mass is 16.5. The van der Waals surface area contributed by atoms with Crippen LogP contribution in [0.25, 0.3) is 0 Å². The molecule has 6 nitrogen and oxygen atoms in total. The van der Waals surface area contributed by atoms with Crippen LogP contribution in [0.15, 0.2) is 4.52 Å². The third-order valence-electron chi connectivity index (χ3n) is 3.76. The van der Waals surface area contributed by atoms with Crippen LogP contribution in [0.1, 0.15) is 45.4 Å². The van der Waals surface area contributed by atoms with Crippen molar-refractivity contribution in [3.8, 4) is 0 Å². The Morgan fingerprint density at radius 2 is 2.11 bits per heavy atom. The number of rotatable bonds is 5. The summed E-state index contributed by atoms with van der Waals surface area (Å²) in [5.41, 5.74) is -0.726. The van der Waals surface area contributed by atoms with Crippen LogP contribution >= 0.6 is 0 Å². The van der Waals surface area contributed by atoms with Gasteiger partial charge in [0.1, 0.15) is 5.41 Å². The molecule has 0 radical (unpaired) electrons. The lowest BCUT2D eigenvalue weighted by molar-refractivity contribution is -0.151. The van der Waals surface area contributed by atoms with E-state index in [1.165, 1.54) is 0 Å². The average molecular weight is 267 g/mol. The molecule has 1 fully saturated rings. The molecule has 0 atom stereocenters. The lowest BCUT2D eigenvalue weighted by Crippen LogP contribution is -2.35. The minimum absolute atomic E-state index is 0.234. The van der Waals surface area contributed by atoms with Crippen molar-refractivity contribution in [2.24, 2.45) is 0 Å². The molecule has 1 heterocycles. The highest BCUT2D eigenvalue weighted by Crippen LogP contribution is 2.41. The first-order valence-corrected chi connectivity index (χ1v) is 6.86. The zero-order valence-electron chi connectivity index (χ0n) is 11.8. The fraction of sp³-hybridized carbons (Fsp3) is 0.769. The first-order chi connectivity index (χ1) is 9.14. The molecule has 2 rings (SSSR count). The fourth-order valence-corrected chi connectivity index (χ4v) is 2.46. The maximum Gasteiger partial charge on any atom is 0.321 e. The molecular weight excluding hydrogens is 246 g/mol. The normalized spacial score (nSPS) is 17.4. The Kier molecular flexibility index (Phi) is 4.07. The fourth-order valence-electron chi connectivity index (χ4n) is 2.46. The summed E-state index contributed by atoms with van der Waals surface area (Å²) in [6.07, 6.45) is 3.42. The predicted molar refractivity (Wildman–Crippen MR) is 70.0 cm³/mol. The van der Waals surface area contributed by atoms with E-state index in [1.54, 1.807) is 0 Å². The summed E-state index contributed by atoms with van der Waals surface area (Å²) in [4.78, 5) is 18.5. The van der Waals surface area contributed by atoms with Crippen LogP contribution in [0.2, 0.25) is 0 Å². The third kappa shape index (κ3) is 2.43. The van der Waals surface area contributed by atoms with Gasteiger partial charge < -0.3 is 14.2 Å². The van der Waals surface area contributed by atoms with E-state index in [0.717, 1.165) is 32.2 Å². The Morgan fingerprint density at radius 3 is 2.68 bits per heavy atom. The summed E-state index contributed by atoms with van der Waals surface area (Å²) in [6, 6.07) is 0. The second kappa shape index (κ2) is 5.59. The topological polar surface area (TPSA) is 68.5 Å². The summed E-state index contributed by atoms with van der Waals surface area (Å²) in [5.74, 6) is 0.689. The number of carbonyl (C=O) groups is 1. The van der Waals surface area contributed by atoms with Crippen molar-refractivity contribution in [3.63, 3.8) is 0 Å². The van der Waals surface area contributed by atoms with Crippen LogP contribution in [0.3, 0.4) is 0 Å². The van der Waals surface area contributed by atoms with Crippen LogP contribution in [-0.2, 0) is 14.9 Å². The van der Waals surface area contributed by atoms with Gasteiger partial charge >= 0.3 is 5.97 Å². The molecule has 19 heavy (non-hydrogen) atoms. The molecule has 0 unspecified atom stereocenters. The molecular formula is C13H21N3O3.